The van der Waals surface area contributed by atoms with E-state index in [-0.39, 0.29) is 13.2 Å². The standard InChI is InChI=1S/2C8H9NO2.C7H9NO2/c2*10-8(11)9-6-7-4-2-1-3-5-7;9-4-6-2-1-3-7(5-10)8-6/h2*1-5,9H,6H2,(H,10,11);1-3,9-10H,4-5H2. The number of aliphatic hydroxyl groups excluding tert-OH is 2. The minimum Gasteiger partial charge on any atom is -0.465 e. The van der Waals surface area contributed by atoms with E-state index in [4.69, 9.17) is 20.4 Å². The molecule has 0 radical (unpaired) electrons. The highest BCUT2D eigenvalue weighted by Gasteiger charge is 1.94. The van der Waals surface area contributed by atoms with Crippen molar-refractivity contribution >= 4 is 12.2 Å². The molecule has 9 nitrogen and oxygen atoms in total. The minimum absolute atomic E-state index is 0.0756. The van der Waals surface area contributed by atoms with Crippen LogP contribution in [-0.2, 0) is 26.3 Å². The number of carbonyl (C=O) groups is 2. The molecule has 0 spiro atoms. The largest absolute Gasteiger partial charge is 0.465 e. The molecule has 0 aliphatic rings. The highest BCUT2D eigenvalue weighted by Crippen LogP contribution is 1.98. The van der Waals surface area contributed by atoms with E-state index >= 15 is 0 Å². The molecule has 0 bridgehead atoms. The number of amides is 2. The van der Waals surface area contributed by atoms with Crippen LogP contribution in [0.5, 0.6) is 0 Å². The van der Waals surface area contributed by atoms with Gasteiger partial charge in [-0.05, 0) is 23.3 Å². The fraction of sp³-hybridized carbons (Fsp3) is 0.174. The first-order chi connectivity index (χ1) is 15.4. The van der Waals surface area contributed by atoms with Crippen molar-refractivity contribution < 1.29 is 30.0 Å². The molecule has 2 aromatic carbocycles. The fourth-order valence-corrected chi connectivity index (χ4v) is 2.25. The second-order valence-corrected chi connectivity index (χ2v) is 6.23. The lowest BCUT2D eigenvalue weighted by Crippen LogP contribution is -2.19. The molecule has 0 atom stereocenters. The van der Waals surface area contributed by atoms with Crippen molar-refractivity contribution in [3.8, 4) is 0 Å². The summed E-state index contributed by atoms with van der Waals surface area (Å²) in [6.07, 6.45) is -1.98. The smallest absolute Gasteiger partial charge is 0.404 e. The summed E-state index contributed by atoms with van der Waals surface area (Å²) in [4.78, 5) is 24.0. The van der Waals surface area contributed by atoms with Gasteiger partial charge in [0.05, 0.1) is 24.6 Å². The number of aromatic nitrogens is 1. The van der Waals surface area contributed by atoms with E-state index in [1.54, 1.807) is 18.2 Å². The Hall–Kier alpha value is -3.95. The molecule has 6 N–H and O–H groups in total. The average Bonchev–Trinajstić information content (AvgIpc) is 2.83. The molecule has 32 heavy (non-hydrogen) atoms. The molecule has 1 aromatic heterocycles. The monoisotopic (exact) mass is 441 g/mol. The summed E-state index contributed by atoms with van der Waals surface area (Å²) in [7, 11) is 0. The van der Waals surface area contributed by atoms with Crippen molar-refractivity contribution in [1.29, 1.82) is 0 Å². The molecule has 9 heteroatoms. The summed E-state index contributed by atoms with van der Waals surface area (Å²) in [6.45, 7) is 0.591. The molecule has 3 rings (SSSR count). The average molecular weight is 441 g/mol. The predicted octanol–water partition coefficient (Wildman–Crippen LogP) is 2.97. The van der Waals surface area contributed by atoms with Crippen molar-refractivity contribution in [2.24, 2.45) is 0 Å². The molecule has 0 saturated carbocycles. The van der Waals surface area contributed by atoms with E-state index in [9.17, 15) is 9.59 Å². The van der Waals surface area contributed by atoms with Crippen molar-refractivity contribution in [1.82, 2.24) is 15.6 Å². The maximum atomic E-state index is 10.1. The quantitative estimate of drug-likeness (QED) is 0.344. The Labute approximate surface area is 186 Å². The number of hydrogen-bond acceptors (Lipinski definition) is 5. The van der Waals surface area contributed by atoms with Crippen LogP contribution in [0.25, 0.3) is 0 Å². The van der Waals surface area contributed by atoms with E-state index in [1.165, 1.54) is 0 Å². The van der Waals surface area contributed by atoms with Crippen LogP contribution in [0.15, 0.2) is 78.9 Å². The van der Waals surface area contributed by atoms with Gasteiger partial charge in [-0.25, -0.2) is 9.59 Å². The number of pyridine rings is 1. The van der Waals surface area contributed by atoms with Crippen LogP contribution in [0, 0.1) is 0 Å². The molecule has 0 saturated heterocycles. The summed E-state index contributed by atoms with van der Waals surface area (Å²) in [5.41, 5.74) is 3.11. The first-order valence-corrected chi connectivity index (χ1v) is 9.62. The Morgan fingerprint density at radius 2 is 1.00 bits per heavy atom. The van der Waals surface area contributed by atoms with Gasteiger partial charge in [-0.3, -0.25) is 4.98 Å². The van der Waals surface area contributed by atoms with E-state index in [2.05, 4.69) is 15.6 Å². The SMILES string of the molecule is O=C(O)NCc1ccccc1.O=C(O)NCc1ccccc1.OCc1cccc(CO)n1. The molecular weight excluding hydrogens is 414 g/mol. The van der Waals surface area contributed by atoms with Crippen molar-refractivity contribution in [2.75, 3.05) is 0 Å². The number of hydrogen-bond donors (Lipinski definition) is 6. The van der Waals surface area contributed by atoms with Crippen LogP contribution in [0.4, 0.5) is 9.59 Å². The second-order valence-electron chi connectivity index (χ2n) is 6.23. The summed E-state index contributed by atoms with van der Waals surface area (Å²) in [5.74, 6) is 0. The lowest BCUT2D eigenvalue weighted by Gasteiger charge is -1.98. The molecule has 0 aliphatic carbocycles. The fourth-order valence-electron chi connectivity index (χ4n) is 2.25. The maximum absolute atomic E-state index is 10.1. The van der Waals surface area contributed by atoms with E-state index < -0.39 is 12.2 Å². The van der Waals surface area contributed by atoms with Crippen molar-refractivity contribution in [3.63, 3.8) is 0 Å². The van der Waals surface area contributed by atoms with Crippen LogP contribution in [0.2, 0.25) is 0 Å². The molecular formula is C23H27N3O6. The number of rotatable bonds is 6. The van der Waals surface area contributed by atoms with Crippen LogP contribution in [-0.4, -0.2) is 37.6 Å². The number of nitrogens with one attached hydrogen (secondary N) is 2. The van der Waals surface area contributed by atoms with E-state index in [0.29, 0.717) is 24.5 Å². The summed E-state index contributed by atoms with van der Waals surface area (Å²) < 4.78 is 0. The summed E-state index contributed by atoms with van der Waals surface area (Å²) in [6, 6.07) is 23.9. The maximum Gasteiger partial charge on any atom is 0.404 e. The van der Waals surface area contributed by atoms with Crippen LogP contribution in [0.3, 0.4) is 0 Å². The van der Waals surface area contributed by atoms with Gasteiger partial charge in [0.15, 0.2) is 0 Å². The Bertz CT molecular complexity index is 851. The molecule has 0 aliphatic heterocycles. The Morgan fingerprint density at radius 1 is 0.625 bits per heavy atom. The van der Waals surface area contributed by atoms with Gasteiger partial charge in [0.1, 0.15) is 0 Å². The van der Waals surface area contributed by atoms with Gasteiger partial charge < -0.3 is 31.1 Å². The normalized spacial score (nSPS) is 9.31. The van der Waals surface area contributed by atoms with Gasteiger partial charge >= 0.3 is 12.2 Å². The number of carboxylic acid groups (broad SMARTS) is 2. The Balaban J connectivity index is 0.000000240. The highest BCUT2D eigenvalue weighted by atomic mass is 16.4. The van der Waals surface area contributed by atoms with Gasteiger partial charge in [0, 0.05) is 13.1 Å². The zero-order valence-electron chi connectivity index (χ0n) is 17.4. The number of aliphatic hydroxyl groups is 2. The van der Waals surface area contributed by atoms with Crippen molar-refractivity contribution in [3.05, 3.63) is 101 Å². The molecule has 0 unspecified atom stereocenters. The minimum atomic E-state index is -0.992. The van der Waals surface area contributed by atoms with Gasteiger partial charge in [0.25, 0.3) is 0 Å². The van der Waals surface area contributed by atoms with Crippen molar-refractivity contribution in [2.45, 2.75) is 26.3 Å². The third-order valence-electron chi connectivity index (χ3n) is 3.76. The molecule has 1 heterocycles. The predicted molar refractivity (Wildman–Crippen MR) is 119 cm³/mol. The first kappa shape index (κ1) is 26.1. The summed E-state index contributed by atoms with van der Waals surface area (Å²) >= 11 is 0. The van der Waals surface area contributed by atoms with Gasteiger partial charge in [0.2, 0.25) is 0 Å². The zero-order chi connectivity index (χ0) is 23.6. The zero-order valence-corrected chi connectivity index (χ0v) is 17.4. The third-order valence-corrected chi connectivity index (χ3v) is 3.76. The Morgan fingerprint density at radius 3 is 1.31 bits per heavy atom. The van der Waals surface area contributed by atoms with Gasteiger partial charge in [-0.1, -0.05) is 66.7 Å². The number of nitrogens with zero attached hydrogens (tertiary/aromatic N) is 1. The van der Waals surface area contributed by atoms with Crippen LogP contribution in [0.1, 0.15) is 22.5 Å². The Kier molecular flexibility index (Phi) is 12.9. The molecule has 2 amide bonds. The lowest BCUT2D eigenvalue weighted by atomic mass is 10.2. The second kappa shape index (κ2) is 15.8. The van der Waals surface area contributed by atoms with Crippen LogP contribution < -0.4 is 10.6 Å². The van der Waals surface area contributed by atoms with E-state index in [1.807, 2.05) is 60.7 Å². The van der Waals surface area contributed by atoms with Gasteiger partial charge in [-0.2, -0.15) is 0 Å². The number of benzene rings is 2. The topological polar surface area (TPSA) is 152 Å². The third kappa shape index (κ3) is 12.6. The van der Waals surface area contributed by atoms with E-state index in [0.717, 1.165) is 11.1 Å². The molecule has 3 aromatic rings. The highest BCUT2D eigenvalue weighted by molar-refractivity contribution is 5.64. The first-order valence-electron chi connectivity index (χ1n) is 9.62. The lowest BCUT2D eigenvalue weighted by molar-refractivity contribution is 0.192. The molecule has 0 fully saturated rings. The van der Waals surface area contributed by atoms with Crippen LogP contribution >= 0.6 is 0 Å². The summed E-state index contributed by atoms with van der Waals surface area (Å²) in [5, 5.41) is 38.3. The van der Waals surface area contributed by atoms with Gasteiger partial charge in [-0.15, -0.1) is 0 Å². The molecule has 170 valence electrons.